The Kier molecular flexibility index (Phi) is 4.67. The van der Waals surface area contributed by atoms with Crippen molar-refractivity contribution < 1.29 is 8.83 Å². The Morgan fingerprint density at radius 1 is 0.462 bits per heavy atom. The molecular weight excluding hydrogens is 482 g/mol. The van der Waals surface area contributed by atoms with Gasteiger partial charge in [-0.1, -0.05) is 72.3 Å². The van der Waals surface area contributed by atoms with Crippen molar-refractivity contribution in [3.05, 3.63) is 115 Å². The lowest BCUT2D eigenvalue weighted by Crippen LogP contribution is -2.00. The molecule has 0 atom stereocenters. The highest BCUT2D eigenvalue weighted by atomic mass is 16.3. The maximum Gasteiger partial charge on any atom is 0.164 e. The lowest BCUT2D eigenvalue weighted by molar-refractivity contribution is 0.668. The van der Waals surface area contributed by atoms with E-state index in [-0.39, 0.29) is 0 Å². The van der Waals surface area contributed by atoms with Crippen molar-refractivity contribution in [2.75, 3.05) is 0 Å². The van der Waals surface area contributed by atoms with Gasteiger partial charge in [0.15, 0.2) is 17.5 Å². The molecule has 5 heteroatoms. The minimum Gasteiger partial charge on any atom is -0.456 e. The third-order valence-corrected chi connectivity index (χ3v) is 7.19. The van der Waals surface area contributed by atoms with Gasteiger partial charge in [-0.25, -0.2) is 15.0 Å². The van der Waals surface area contributed by atoms with E-state index >= 15 is 0 Å². The summed E-state index contributed by atoms with van der Waals surface area (Å²) in [5.74, 6) is 1.83. The lowest BCUT2D eigenvalue weighted by atomic mass is 10.0. The normalized spacial score (nSPS) is 11.7. The molecule has 0 unspecified atom stereocenters. The number of hydrogen-bond acceptors (Lipinski definition) is 5. The van der Waals surface area contributed by atoms with E-state index in [0.717, 1.165) is 60.6 Å². The average molecular weight is 504 g/mol. The van der Waals surface area contributed by atoms with E-state index in [1.54, 1.807) is 0 Å². The fourth-order valence-corrected chi connectivity index (χ4v) is 5.33. The van der Waals surface area contributed by atoms with Crippen molar-refractivity contribution in [1.82, 2.24) is 15.0 Å². The van der Waals surface area contributed by atoms with Gasteiger partial charge in [0.25, 0.3) is 0 Å². The van der Waals surface area contributed by atoms with Crippen LogP contribution in [0.2, 0.25) is 0 Å². The van der Waals surface area contributed by atoms with Crippen LogP contribution in [0.5, 0.6) is 0 Å². The Morgan fingerprint density at radius 2 is 1.13 bits per heavy atom. The van der Waals surface area contributed by atoms with E-state index in [9.17, 15) is 0 Å². The van der Waals surface area contributed by atoms with Gasteiger partial charge >= 0.3 is 0 Å². The van der Waals surface area contributed by atoms with Gasteiger partial charge in [0, 0.05) is 38.2 Å². The molecule has 0 saturated carbocycles. The Labute approximate surface area is 223 Å². The van der Waals surface area contributed by atoms with Crippen LogP contribution in [0, 0.1) is 6.92 Å². The minimum atomic E-state index is 0.603. The van der Waals surface area contributed by atoms with Crippen molar-refractivity contribution in [3.63, 3.8) is 0 Å². The van der Waals surface area contributed by atoms with Gasteiger partial charge in [0.2, 0.25) is 0 Å². The van der Waals surface area contributed by atoms with Crippen molar-refractivity contribution in [1.29, 1.82) is 0 Å². The summed E-state index contributed by atoms with van der Waals surface area (Å²) < 4.78 is 12.3. The molecule has 0 amide bonds. The van der Waals surface area contributed by atoms with Gasteiger partial charge in [0.05, 0.1) is 0 Å². The largest absolute Gasteiger partial charge is 0.456 e. The molecule has 0 aliphatic heterocycles. The summed E-state index contributed by atoms with van der Waals surface area (Å²) in [5.41, 5.74) is 7.25. The SMILES string of the molecule is Cc1ccc2oc3cccc(-c4nc(-c5ccccc5)nc(-c5ccc6oc7ccccc7c6c5)n4)c3c2c1. The van der Waals surface area contributed by atoms with Crippen molar-refractivity contribution in [2.45, 2.75) is 6.92 Å². The molecule has 0 saturated heterocycles. The quantitative estimate of drug-likeness (QED) is 0.241. The van der Waals surface area contributed by atoms with Gasteiger partial charge in [-0.3, -0.25) is 0 Å². The van der Waals surface area contributed by atoms with Crippen LogP contribution in [0.25, 0.3) is 78.0 Å². The first-order chi connectivity index (χ1) is 19.2. The smallest absolute Gasteiger partial charge is 0.164 e. The van der Waals surface area contributed by atoms with Crippen molar-refractivity contribution >= 4 is 43.9 Å². The molecule has 0 N–H and O–H groups in total. The molecule has 3 heterocycles. The molecule has 0 aliphatic rings. The molecule has 5 aromatic carbocycles. The predicted molar refractivity (Wildman–Crippen MR) is 155 cm³/mol. The second kappa shape index (κ2) is 8.36. The second-order valence-corrected chi connectivity index (χ2v) is 9.76. The zero-order valence-electron chi connectivity index (χ0n) is 21.1. The van der Waals surface area contributed by atoms with Gasteiger partial charge in [-0.15, -0.1) is 0 Å². The van der Waals surface area contributed by atoms with Crippen molar-refractivity contribution in [3.8, 4) is 34.2 Å². The van der Waals surface area contributed by atoms with Crippen LogP contribution in [0.4, 0.5) is 0 Å². The number of rotatable bonds is 3. The van der Waals surface area contributed by atoms with E-state index in [2.05, 4.69) is 37.3 Å². The standard InChI is InChI=1S/C34H21N3O2/c1-20-14-16-29-26(18-20)31-24(11-7-13-30(31)39-29)34-36-32(21-8-3-2-4-9-21)35-33(37-34)22-15-17-28-25(19-22)23-10-5-6-12-27(23)38-28/h2-19H,1H3. The van der Waals surface area contributed by atoms with E-state index in [1.165, 1.54) is 5.56 Å². The maximum absolute atomic E-state index is 6.20. The van der Waals surface area contributed by atoms with Crippen LogP contribution in [0.15, 0.2) is 118 Å². The van der Waals surface area contributed by atoms with E-state index in [0.29, 0.717) is 17.5 Å². The number of aromatic nitrogens is 3. The Hall–Kier alpha value is -5.29. The van der Waals surface area contributed by atoms with Crippen LogP contribution in [0.3, 0.4) is 0 Å². The molecule has 3 aromatic heterocycles. The van der Waals surface area contributed by atoms with Crippen LogP contribution in [0.1, 0.15) is 5.56 Å². The number of para-hydroxylation sites is 1. The maximum atomic E-state index is 6.20. The molecule has 0 fully saturated rings. The Balaban J connectivity index is 1.40. The van der Waals surface area contributed by atoms with Crippen LogP contribution in [-0.2, 0) is 0 Å². The minimum absolute atomic E-state index is 0.603. The molecule has 0 spiro atoms. The number of aryl methyl sites for hydroxylation is 1. The summed E-state index contributed by atoms with van der Waals surface area (Å²) in [5, 5.41) is 4.15. The fourth-order valence-electron chi connectivity index (χ4n) is 5.33. The molecule has 184 valence electrons. The monoisotopic (exact) mass is 503 g/mol. The predicted octanol–water partition coefficient (Wildman–Crippen LogP) is 8.98. The summed E-state index contributed by atoms with van der Waals surface area (Å²) in [6.45, 7) is 2.09. The third-order valence-electron chi connectivity index (χ3n) is 7.19. The second-order valence-electron chi connectivity index (χ2n) is 9.76. The molecule has 5 nitrogen and oxygen atoms in total. The fraction of sp³-hybridized carbons (Fsp3) is 0.0294. The molecule has 39 heavy (non-hydrogen) atoms. The van der Waals surface area contributed by atoms with E-state index in [4.69, 9.17) is 23.8 Å². The first-order valence-corrected chi connectivity index (χ1v) is 12.9. The molecule has 0 bridgehead atoms. The zero-order chi connectivity index (χ0) is 25.9. The van der Waals surface area contributed by atoms with Crippen LogP contribution >= 0.6 is 0 Å². The number of nitrogens with zero attached hydrogens (tertiary/aromatic N) is 3. The Morgan fingerprint density at radius 3 is 2.03 bits per heavy atom. The number of hydrogen-bond donors (Lipinski definition) is 0. The zero-order valence-corrected chi connectivity index (χ0v) is 21.1. The first kappa shape index (κ1) is 21.8. The van der Waals surface area contributed by atoms with Crippen LogP contribution < -0.4 is 0 Å². The van der Waals surface area contributed by atoms with Crippen molar-refractivity contribution in [2.24, 2.45) is 0 Å². The van der Waals surface area contributed by atoms with E-state index < -0.39 is 0 Å². The number of furan rings is 2. The first-order valence-electron chi connectivity index (χ1n) is 12.9. The van der Waals surface area contributed by atoms with E-state index in [1.807, 2.05) is 78.9 Å². The summed E-state index contributed by atoms with van der Waals surface area (Å²) in [4.78, 5) is 15.0. The highest BCUT2D eigenvalue weighted by molar-refractivity contribution is 6.12. The molecule has 0 radical (unpaired) electrons. The number of benzene rings is 5. The lowest BCUT2D eigenvalue weighted by Gasteiger charge is -2.09. The van der Waals surface area contributed by atoms with Crippen LogP contribution in [-0.4, -0.2) is 15.0 Å². The van der Waals surface area contributed by atoms with Gasteiger partial charge < -0.3 is 8.83 Å². The Bertz CT molecular complexity index is 2190. The third kappa shape index (κ3) is 3.51. The average Bonchev–Trinajstić information content (AvgIpc) is 3.55. The van der Waals surface area contributed by atoms with Gasteiger partial charge in [0.1, 0.15) is 22.3 Å². The molecule has 0 aliphatic carbocycles. The summed E-state index contributed by atoms with van der Waals surface area (Å²) >= 11 is 0. The highest BCUT2D eigenvalue weighted by Crippen LogP contribution is 2.37. The topological polar surface area (TPSA) is 65.0 Å². The number of fused-ring (bicyclic) bond motifs is 6. The highest BCUT2D eigenvalue weighted by Gasteiger charge is 2.18. The summed E-state index contributed by atoms with van der Waals surface area (Å²) in [6, 6.07) is 36.5. The molecule has 8 rings (SSSR count). The molecular formula is C34H21N3O2. The van der Waals surface area contributed by atoms with Gasteiger partial charge in [-0.05, 0) is 49.4 Å². The molecule has 8 aromatic rings. The summed E-state index contributed by atoms with van der Waals surface area (Å²) in [6.07, 6.45) is 0. The summed E-state index contributed by atoms with van der Waals surface area (Å²) in [7, 11) is 0. The van der Waals surface area contributed by atoms with Gasteiger partial charge in [-0.2, -0.15) is 0 Å².